The van der Waals surface area contributed by atoms with Crippen molar-refractivity contribution in [2.45, 2.75) is 25.7 Å². The molecule has 0 aliphatic heterocycles. The molecule has 4 N–H and O–H groups in total. The Morgan fingerprint density at radius 1 is 1.16 bits per heavy atom. The van der Waals surface area contributed by atoms with E-state index in [1.165, 1.54) is 0 Å². The summed E-state index contributed by atoms with van der Waals surface area (Å²) >= 11 is 0. The lowest BCUT2D eigenvalue weighted by Crippen LogP contribution is -2.24. The Morgan fingerprint density at radius 2 is 1.95 bits per heavy atom. The Hall–Kier alpha value is -1.81. The van der Waals surface area contributed by atoms with Crippen LogP contribution in [0.15, 0.2) is 30.3 Å². The van der Waals surface area contributed by atoms with Crippen molar-refractivity contribution in [2.75, 3.05) is 13.1 Å². The topological polar surface area (TPSA) is 70.9 Å². The van der Waals surface area contributed by atoms with E-state index < -0.39 is 0 Å². The minimum Gasteiger partial charge on any atom is -0.351 e. The Balaban J connectivity index is 1.79. The second-order valence-corrected chi connectivity index (χ2v) is 4.73. The van der Waals surface area contributed by atoms with Gasteiger partial charge in [-0.25, -0.2) is 0 Å². The molecule has 2 rings (SSSR count). The first-order valence-corrected chi connectivity index (χ1v) is 6.87. The summed E-state index contributed by atoms with van der Waals surface area (Å²) in [7, 11) is 0. The van der Waals surface area contributed by atoms with Crippen LogP contribution in [0, 0.1) is 0 Å². The molecular weight excluding hydrogens is 238 g/mol. The van der Waals surface area contributed by atoms with Crippen molar-refractivity contribution in [2.24, 2.45) is 5.73 Å². The third-order valence-electron chi connectivity index (χ3n) is 3.19. The van der Waals surface area contributed by atoms with Crippen LogP contribution in [-0.4, -0.2) is 24.0 Å². The standard InChI is InChI=1S/C15H21N3O/c16-9-5-1-2-6-10-17-15(19)14-11-12-7-3-4-8-13(12)18-14/h3-4,7-8,11,18H,1-2,5-6,9-10,16H2,(H,17,19). The first-order chi connectivity index (χ1) is 9.31. The van der Waals surface area contributed by atoms with E-state index in [9.17, 15) is 4.79 Å². The smallest absolute Gasteiger partial charge is 0.267 e. The van der Waals surface area contributed by atoms with Gasteiger partial charge in [0.25, 0.3) is 5.91 Å². The van der Waals surface area contributed by atoms with Crippen molar-refractivity contribution in [1.82, 2.24) is 10.3 Å². The zero-order valence-corrected chi connectivity index (χ0v) is 11.1. The molecule has 102 valence electrons. The van der Waals surface area contributed by atoms with Crippen molar-refractivity contribution in [3.8, 4) is 0 Å². The van der Waals surface area contributed by atoms with E-state index in [4.69, 9.17) is 5.73 Å². The van der Waals surface area contributed by atoms with E-state index >= 15 is 0 Å². The van der Waals surface area contributed by atoms with Crippen LogP contribution in [0.2, 0.25) is 0 Å². The van der Waals surface area contributed by atoms with Crippen LogP contribution in [-0.2, 0) is 0 Å². The fraction of sp³-hybridized carbons (Fsp3) is 0.400. The van der Waals surface area contributed by atoms with Crippen LogP contribution in [0.4, 0.5) is 0 Å². The molecule has 0 aliphatic rings. The molecule has 0 aliphatic carbocycles. The average Bonchev–Trinajstić information content (AvgIpc) is 2.86. The van der Waals surface area contributed by atoms with Gasteiger partial charge in [0.2, 0.25) is 0 Å². The molecule has 0 fully saturated rings. The minimum absolute atomic E-state index is 0.0324. The van der Waals surface area contributed by atoms with Crippen LogP contribution in [0.1, 0.15) is 36.2 Å². The number of para-hydroxylation sites is 1. The number of hydrogen-bond donors (Lipinski definition) is 3. The lowest BCUT2D eigenvalue weighted by molar-refractivity contribution is 0.0949. The molecule has 0 atom stereocenters. The Labute approximate surface area is 113 Å². The maximum atomic E-state index is 11.9. The van der Waals surface area contributed by atoms with Crippen molar-refractivity contribution in [1.29, 1.82) is 0 Å². The molecule has 1 amide bonds. The number of nitrogens with two attached hydrogens (primary N) is 1. The van der Waals surface area contributed by atoms with E-state index in [1.807, 2.05) is 30.3 Å². The van der Waals surface area contributed by atoms with Crippen LogP contribution in [0.3, 0.4) is 0 Å². The summed E-state index contributed by atoms with van der Waals surface area (Å²) in [6.07, 6.45) is 4.32. The number of H-pyrrole nitrogens is 1. The fourth-order valence-corrected chi connectivity index (χ4v) is 2.12. The second-order valence-electron chi connectivity index (χ2n) is 4.73. The van der Waals surface area contributed by atoms with Gasteiger partial charge < -0.3 is 16.0 Å². The number of rotatable bonds is 7. The third kappa shape index (κ3) is 3.83. The molecule has 0 unspecified atom stereocenters. The van der Waals surface area contributed by atoms with Crippen molar-refractivity contribution < 1.29 is 4.79 Å². The highest BCUT2D eigenvalue weighted by Crippen LogP contribution is 2.14. The van der Waals surface area contributed by atoms with Crippen molar-refractivity contribution in [3.05, 3.63) is 36.0 Å². The average molecular weight is 259 g/mol. The zero-order chi connectivity index (χ0) is 13.5. The van der Waals surface area contributed by atoms with Gasteiger partial charge in [-0.15, -0.1) is 0 Å². The largest absolute Gasteiger partial charge is 0.351 e. The predicted octanol–water partition coefficient (Wildman–Crippen LogP) is 2.42. The summed E-state index contributed by atoms with van der Waals surface area (Å²) in [6, 6.07) is 9.78. The summed E-state index contributed by atoms with van der Waals surface area (Å²) < 4.78 is 0. The van der Waals surface area contributed by atoms with Gasteiger partial charge in [-0.1, -0.05) is 31.0 Å². The normalized spacial score (nSPS) is 10.8. The highest BCUT2D eigenvalue weighted by molar-refractivity contribution is 5.97. The molecule has 4 heteroatoms. The third-order valence-corrected chi connectivity index (χ3v) is 3.19. The first kappa shape index (κ1) is 13.6. The van der Waals surface area contributed by atoms with Gasteiger partial charge in [-0.05, 0) is 31.5 Å². The van der Waals surface area contributed by atoms with Gasteiger partial charge in [0.05, 0.1) is 0 Å². The number of carbonyl (C=O) groups is 1. The van der Waals surface area contributed by atoms with Gasteiger partial charge in [0, 0.05) is 17.4 Å². The Bertz CT molecular complexity index is 500. The molecule has 0 radical (unpaired) electrons. The fourth-order valence-electron chi connectivity index (χ4n) is 2.12. The second kappa shape index (κ2) is 6.95. The SMILES string of the molecule is NCCCCCCNC(=O)c1cc2ccccc2[nH]1. The highest BCUT2D eigenvalue weighted by atomic mass is 16.1. The van der Waals surface area contributed by atoms with Crippen LogP contribution < -0.4 is 11.1 Å². The van der Waals surface area contributed by atoms with Crippen LogP contribution in [0.5, 0.6) is 0 Å². The lowest BCUT2D eigenvalue weighted by Gasteiger charge is -2.03. The molecular formula is C15H21N3O. The summed E-state index contributed by atoms with van der Waals surface area (Å²) in [5, 5.41) is 4.00. The summed E-state index contributed by atoms with van der Waals surface area (Å²) in [5.74, 6) is -0.0324. The van der Waals surface area contributed by atoms with Gasteiger partial charge in [0.15, 0.2) is 0 Å². The van der Waals surface area contributed by atoms with Gasteiger partial charge in [-0.3, -0.25) is 4.79 Å². The number of amides is 1. The number of unbranched alkanes of at least 4 members (excludes halogenated alkanes) is 3. The predicted molar refractivity (Wildman–Crippen MR) is 78.2 cm³/mol. The van der Waals surface area contributed by atoms with Crippen molar-refractivity contribution >= 4 is 16.8 Å². The molecule has 1 aromatic carbocycles. The molecule has 1 heterocycles. The number of fused-ring (bicyclic) bond motifs is 1. The minimum atomic E-state index is -0.0324. The first-order valence-electron chi connectivity index (χ1n) is 6.87. The van der Waals surface area contributed by atoms with Crippen LogP contribution >= 0.6 is 0 Å². The number of hydrogen-bond acceptors (Lipinski definition) is 2. The summed E-state index contributed by atoms with van der Waals surface area (Å²) in [5.41, 5.74) is 7.05. The maximum absolute atomic E-state index is 11.9. The number of aromatic amines is 1. The van der Waals surface area contributed by atoms with Crippen LogP contribution in [0.25, 0.3) is 10.9 Å². The summed E-state index contributed by atoms with van der Waals surface area (Å²) in [4.78, 5) is 15.1. The molecule has 19 heavy (non-hydrogen) atoms. The Morgan fingerprint density at radius 3 is 2.74 bits per heavy atom. The van der Waals surface area contributed by atoms with E-state index in [1.54, 1.807) is 0 Å². The van der Waals surface area contributed by atoms with Gasteiger partial charge >= 0.3 is 0 Å². The van der Waals surface area contributed by atoms with E-state index in [-0.39, 0.29) is 5.91 Å². The monoisotopic (exact) mass is 259 g/mol. The molecule has 1 aromatic heterocycles. The molecule has 0 bridgehead atoms. The Kier molecular flexibility index (Phi) is 4.98. The molecule has 0 saturated heterocycles. The van der Waals surface area contributed by atoms with Crippen molar-refractivity contribution in [3.63, 3.8) is 0 Å². The zero-order valence-electron chi connectivity index (χ0n) is 11.1. The number of benzene rings is 1. The van der Waals surface area contributed by atoms with E-state index in [0.717, 1.165) is 49.7 Å². The quantitative estimate of drug-likeness (QED) is 0.668. The molecule has 2 aromatic rings. The number of nitrogens with one attached hydrogen (secondary N) is 2. The number of carbonyl (C=O) groups excluding carboxylic acids is 1. The van der Waals surface area contributed by atoms with E-state index in [2.05, 4.69) is 10.3 Å². The van der Waals surface area contributed by atoms with Gasteiger partial charge in [-0.2, -0.15) is 0 Å². The van der Waals surface area contributed by atoms with E-state index in [0.29, 0.717) is 5.69 Å². The maximum Gasteiger partial charge on any atom is 0.267 e. The number of aromatic nitrogens is 1. The molecule has 0 spiro atoms. The van der Waals surface area contributed by atoms with Gasteiger partial charge in [0.1, 0.15) is 5.69 Å². The highest BCUT2D eigenvalue weighted by Gasteiger charge is 2.07. The molecule has 4 nitrogen and oxygen atoms in total. The lowest BCUT2D eigenvalue weighted by atomic mass is 10.2. The molecule has 0 saturated carbocycles. The summed E-state index contributed by atoms with van der Waals surface area (Å²) in [6.45, 7) is 1.47.